The minimum Gasteiger partial charge on any atom is -0.387 e. The number of quaternary nitrogens is 1. The van der Waals surface area contributed by atoms with E-state index in [0.717, 1.165) is 135 Å². The Kier molecular flexibility index (Phi) is 66.5. The summed E-state index contributed by atoms with van der Waals surface area (Å²) < 4.78 is 23.8. The molecule has 0 aromatic heterocycles. The summed E-state index contributed by atoms with van der Waals surface area (Å²) in [6.07, 6.45) is 108. The maximum Gasteiger partial charge on any atom is 0.472 e. The predicted octanol–water partition coefficient (Wildman–Crippen LogP) is 24.1. The molecule has 0 aromatic rings. The molecule has 1 amide bonds. The lowest BCUT2D eigenvalue weighted by Gasteiger charge is -2.25. The minimum absolute atomic E-state index is 0.0420. The van der Waals surface area contributed by atoms with Gasteiger partial charge >= 0.3 is 7.82 Å². The number of carbonyl (C=O) groups excluding carboxylic acids is 1. The Morgan fingerprint density at radius 3 is 1.02 bits per heavy atom. The van der Waals surface area contributed by atoms with Gasteiger partial charge in [-0.15, -0.1) is 0 Å². The zero-order valence-electron chi connectivity index (χ0n) is 58.8. The molecule has 8 nitrogen and oxygen atoms in total. The molecular weight excluding hydrogens is 1130 g/mol. The highest BCUT2D eigenvalue weighted by atomic mass is 31.2. The van der Waals surface area contributed by atoms with Crippen molar-refractivity contribution in [3.63, 3.8) is 0 Å². The van der Waals surface area contributed by atoms with Crippen LogP contribution in [0.3, 0.4) is 0 Å². The number of unbranched alkanes of at least 4 members (excludes halogenated alkanes) is 29. The van der Waals surface area contributed by atoms with Crippen molar-refractivity contribution < 1.29 is 32.9 Å². The Morgan fingerprint density at radius 2 is 0.678 bits per heavy atom. The molecular formula is C81H140N2O6P+. The number of aliphatic hydroxyl groups excluding tert-OH is 1. The average molecular weight is 1270 g/mol. The molecule has 0 spiro atoms. The van der Waals surface area contributed by atoms with E-state index in [1.165, 1.54) is 141 Å². The molecule has 0 saturated carbocycles. The molecule has 3 N–H and O–H groups in total. The van der Waals surface area contributed by atoms with Gasteiger partial charge < -0.3 is 19.8 Å². The van der Waals surface area contributed by atoms with E-state index in [9.17, 15) is 19.4 Å². The fourth-order valence-electron chi connectivity index (χ4n) is 10.0. The Bertz CT molecular complexity index is 2030. The molecule has 0 aliphatic heterocycles. The van der Waals surface area contributed by atoms with Crippen LogP contribution in [0.15, 0.2) is 158 Å². The van der Waals surface area contributed by atoms with Gasteiger partial charge in [0.05, 0.1) is 39.9 Å². The normalized spacial score (nSPS) is 14.5. The third-order valence-electron chi connectivity index (χ3n) is 15.7. The van der Waals surface area contributed by atoms with Crippen LogP contribution >= 0.6 is 7.82 Å². The zero-order chi connectivity index (χ0) is 65.5. The lowest BCUT2D eigenvalue weighted by atomic mass is 10.0. The van der Waals surface area contributed by atoms with Gasteiger partial charge in [0, 0.05) is 6.42 Å². The number of likely N-dealkylation sites (N-methyl/N-ethyl adjacent to an activating group) is 1. The minimum atomic E-state index is -4.38. The van der Waals surface area contributed by atoms with Crippen molar-refractivity contribution in [1.82, 2.24) is 5.32 Å². The summed E-state index contributed by atoms with van der Waals surface area (Å²) in [4.78, 5) is 23.4. The summed E-state index contributed by atoms with van der Waals surface area (Å²) in [6.45, 7) is 4.67. The lowest BCUT2D eigenvalue weighted by molar-refractivity contribution is -0.870. The first-order valence-electron chi connectivity index (χ1n) is 36.9. The number of phosphoric acid groups is 1. The van der Waals surface area contributed by atoms with E-state index in [-0.39, 0.29) is 19.1 Å². The fraction of sp³-hybridized carbons (Fsp3) is 0.667. The zero-order valence-corrected chi connectivity index (χ0v) is 59.7. The van der Waals surface area contributed by atoms with Crippen LogP contribution in [0.25, 0.3) is 0 Å². The predicted molar refractivity (Wildman–Crippen MR) is 396 cm³/mol. The van der Waals surface area contributed by atoms with Crippen LogP contribution in [0.1, 0.15) is 296 Å². The second-order valence-corrected chi connectivity index (χ2v) is 27.0. The van der Waals surface area contributed by atoms with E-state index >= 15 is 0 Å². The number of amides is 1. The SMILES string of the molecule is CC/C=C\C/C=C\C/C=C\C/C=C\C/C=C\C/C=C\C/C=C\C/C=C\C/C=C\C/C=C\CCCCCCCCC(=O)NC(COP(=O)(O)OCC[N+](C)(C)C)C(O)/C=C/CC/C=C/CC/C=C/CCCCCCCCCCCCCCCCCCCCCCC. The number of phosphoric ester groups is 1. The second-order valence-electron chi connectivity index (χ2n) is 25.6. The molecule has 0 radical (unpaired) electrons. The Balaban J connectivity index is 4.22. The molecule has 0 fully saturated rings. The molecule has 9 heteroatoms. The maximum absolute atomic E-state index is 13.1. The monoisotopic (exact) mass is 1270 g/mol. The molecule has 0 aliphatic carbocycles. The number of allylic oxidation sites excluding steroid dienone is 25. The van der Waals surface area contributed by atoms with Crippen LogP contribution in [0.4, 0.5) is 0 Å². The fourth-order valence-corrected chi connectivity index (χ4v) is 10.8. The van der Waals surface area contributed by atoms with Crippen molar-refractivity contribution in [3.8, 4) is 0 Å². The van der Waals surface area contributed by atoms with E-state index in [0.29, 0.717) is 17.4 Å². The molecule has 0 saturated heterocycles. The first kappa shape index (κ1) is 86.1. The number of hydrogen-bond donors (Lipinski definition) is 3. The summed E-state index contributed by atoms with van der Waals surface area (Å²) in [5.74, 6) is -0.210. The highest BCUT2D eigenvalue weighted by molar-refractivity contribution is 7.47. The lowest BCUT2D eigenvalue weighted by Crippen LogP contribution is -2.45. The van der Waals surface area contributed by atoms with E-state index in [4.69, 9.17) is 9.05 Å². The first-order valence-corrected chi connectivity index (χ1v) is 38.4. The van der Waals surface area contributed by atoms with Crippen LogP contribution in [-0.2, 0) is 18.4 Å². The van der Waals surface area contributed by atoms with Crippen molar-refractivity contribution in [3.05, 3.63) is 158 Å². The van der Waals surface area contributed by atoms with Crippen molar-refractivity contribution in [2.45, 2.75) is 309 Å². The molecule has 3 atom stereocenters. The van der Waals surface area contributed by atoms with Crippen LogP contribution in [0, 0.1) is 0 Å². The van der Waals surface area contributed by atoms with Crippen molar-refractivity contribution in [2.24, 2.45) is 0 Å². The Morgan fingerprint density at radius 1 is 0.389 bits per heavy atom. The highest BCUT2D eigenvalue weighted by Gasteiger charge is 2.28. The van der Waals surface area contributed by atoms with Crippen molar-refractivity contribution >= 4 is 13.7 Å². The van der Waals surface area contributed by atoms with Crippen LogP contribution in [0.2, 0.25) is 0 Å². The van der Waals surface area contributed by atoms with Gasteiger partial charge in [-0.3, -0.25) is 13.8 Å². The van der Waals surface area contributed by atoms with Crippen molar-refractivity contribution in [1.29, 1.82) is 0 Å². The molecule has 90 heavy (non-hydrogen) atoms. The van der Waals surface area contributed by atoms with E-state index in [2.05, 4.69) is 165 Å². The van der Waals surface area contributed by atoms with Gasteiger partial charge in [-0.2, -0.15) is 0 Å². The summed E-state index contributed by atoms with van der Waals surface area (Å²) >= 11 is 0. The number of nitrogens with zero attached hydrogens (tertiary/aromatic N) is 1. The first-order chi connectivity index (χ1) is 44.0. The van der Waals surface area contributed by atoms with Gasteiger partial charge in [0.1, 0.15) is 13.2 Å². The van der Waals surface area contributed by atoms with Crippen molar-refractivity contribution in [2.75, 3.05) is 40.9 Å². The molecule has 0 bridgehead atoms. The topological polar surface area (TPSA) is 105 Å². The van der Waals surface area contributed by atoms with E-state index in [1.807, 2.05) is 27.2 Å². The van der Waals surface area contributed by atoms with Gasteiger partial charge in [0.15, 0.2) is 0 Å². The average Bonchev–Trinajstić information content (AvgIpc) is 3.18. The standard InChI is InChI=1S/C81H139N2O6P/c1-6-8-10-12-14-16-18-20-22-24-26-28-30-32-34-36-38-39-40-41-42-43-45-47-49-51-53-55-57-59-61-63-65-67-69-71-73-75-81(85)82-79(78-89-90(86,87)88-77-76-83(3,4)5)80(84)74-72-70-68-66-64-62-60-58-56-54-52-50-48-46-44-37-35-33-31-29-27-25-23-21-19-17-15-13-11-9-7-2/h8,10,14,16,20,22,26,28,32,34,38-39,41-42,45,47,51,53,56-59,64,66,72,74,79-80,84H,6-7,9,11-13,15,17-19,21,23-25,27,29-31,33,35-37,40,43-44,46,48-50,52,54-55,60-63,65,67-71,73,75-78H2,1-5H3,(H-,82,85,86,87)/p+1/b10-8-,16-14-,22-20-,28-26-,34-32-,39-38-,42-41-,47-45-,53-51-,58-56+,59-57-,66-64+,74-72+. The maximum atomic E-state index is 13.1. The summed E-state index contributed by atoms with van der Waals surface area (Å²) in [6, 6.07) is -0.892. The molecule has 0 rings (SSSR count). The summed E-state index contributed by atoms with van der Waals surface area (Å²) in [5.41, 5.74) is 0. The molecule has 0 aromatic carbocycles. The molecule has 3 unspecified atom stereocenters. The quantitative estimate of drug-likeness (QED) is 0.0243. The molecule has 514 valence electrons. The van der Waals surface area contributed by atoms with Gasteiger partial charge in [-0.25, -0.2) is 4.57 Å². The Labute approximate surface area is 556 Å². The largest absolute Gasteiger partial charge is 0.472 e. The number of nitrogens with one attached hydrogen (secondary N) is 1. The second kappa shape index (κ2) is 69.5. The van der Waals surface area contributed by atoms with Gasteiger partial charge in [-0.05, 0) is 122 Å². The van der Waals surface area contributed by atoms with Crippen LogP contribution in [-0.4, -0.2) is 73.4 Å². The van der Waals surface area contributed by atoms with E-state index in [1.54, 1.807) is 6.08 Å². The third-order valence-corrected chi connectivity index (χ3v) is 16.7. The third kappa shape index (κ3) is 71.6. The van der Waals surface area contributed by atoms with Crippen LogP contribution < -0.4 is 5.32 Å². The Hall–Kier alpha value is -3.88. The number of rotatable bonds is 66. The number of carbonyl (C=O) groups is 1. The van der Waals surface area contributed by atoms with Gasteiger partial charge in [0.2, 0.25) is 5.91 Å². The van der Waals surface area contributed by atoms with Gasteiger partial charge in [-0.1, -0.05) is 326 Å². The number of aliphatic hydroxyl groups is 1. The summed E-state index contributed by atoms with van der Waals surface area (Å²) in [5, 5.41) is 14.0. The van der Waals surface area contributed by atoms with Gasteiger partial charge in [0.25, 0.3) is 0 Å². The number of hydrogen-bond acceptors (Lipinski definition) is 5. The van der Waals surface area contributed by atoms with Crippen LogP contribution in [0.5, 0.6) is 0 Å². The smallest absolute Gasteiger partial charge is 0.387 e. The van der Waals surface area contributed by atoms with E-state index < -0.39 is 20.0 Å². The summed E-state index contributed by atoms with van der Waals surface area (Å²) in [7, 11) is 1.52. The highest BCUT2D eigenvalue weighted by Crippen LogP contribution is 2.43. The molecule has 0 heterocycles. The molecule has 0 aliphatic rings.